The monoisotopic (exact) mass is 394 g/mol. The first-order valence-corrected chi connectivity index (χ1v) is 8.81. The summed E-state index contributed by atoms with van der Waals surface area (Å²) in [4.78, 5) is 31.0. The molecule has 0 bridgehead atoms. The number of benzene rings is 1. The highest BCUT2D eigenvalue weighted by atomic mass is 16.5. The summed E-state index contributed by atoms with van der Waals surface area (Å²) in [5, 5.41) is 1.67. The van der Waals surface area contributed by atoms with Gasteiger partial charge in [0.15, 0.2) is 11.9 Å². The molecule has 2 aromatic heterocycles. The molecule has 8 heteroatoms. The van der Waals surface area contributed by atoms with Crippen LogP contribution >= 0.6 is 0 Å². The molecule has 0 aliphatic carbocycles. The standard InChI is InChI=1S/C21H18N2O6/c1-11(24)28-10-13-5-7-18(29-13)20-19-15(9-17(23-20)21(25)27-3)14-8-12(26-2)4-6-16(14)22-19/h4-10,18,22H,1-3H3. The van der Waals surface area contributed by atoms with Crippen molar-refractivity contribution in [2.75, 3.05) is 14.2 Å². The Morgan fingerprint density at radius 1 is 1.21 bits per heavy atom. The Morgan fingerprint density at radius 3 is 2.76 bits per heavy atom. The van der Waals surface area contributed by atoms with Gasteiger partial charge in [-0.15, -0.1) is 0 Å². The Kier molecular flexibility index (Phi) is 4.67. The van der Waals surface area contributed by atoms with Crippen LogP contribution in [0, 0.1) is 0 Å². The minimum absolute atomic E-state index is 0.160. The van der Waals surface area contributed by atoms with Gasteiger partial charge in [0.1, 0.15) is 23.4 Å². The number of hydrogen-bond donors (Lipinski definition) is 1. The van der Waals surface area contributed by atoms with E-state index in [4.69, 9.17) is 18.9 Å². The maximum absolute atomic E-state index is 12.2. The molecule has 0 radical (unpaired) electrons. The molecule has 3 aromatic rings. The largest absolute Gasteiger partial charge is 0.497 e. The molecule has 0 spiro atoms. The Balaban J connectivity index is 1.86. The van der Waals surface area contributed by atoms with Gasteiger partial charge in [-0.2, -0.15) is 0 Å². The first kappa shape index (κ1) is 18.5. The topological polar surface area (TPSA) is 99.7 Å². The molecule has 1 atom stereocenters. The quantitative estimate of drug-likeness (QED) is 0.534. The van der Waals surface area contributed by atoms with E-state index in [0.29, 0.717) is 17.2 Å². The van der Waals surface area contributed by atoms with E-state index < -0.39 is 18.0 Å². The van der Waals surface area contributed by atoms with Crippen LogP contribution in [0.2, 0.25) is 0 Å². The number of pyridine rings is 1. The number of rotatable bonds is 4. The van der Waals surface area contributed by atoms with Crippen molar-refractivity contribution in [3.05, 3.63) is 59.8 Å². The van der Waals surface area contributed by atoms with Gasteiger partial charge < -0.3 is 23.9 Å². The first-order valence-electron chi connectivity index (χ1n) is 8.81. The van der Waals surface area contributed by atoms with E-state index in [2.05, 4.69) is 9.97 Å². The second-order valence-corrected chi connectivity index (χ2v) is 6.37. The number of nitrogens with zero attached hydrogens (tertiary/aromatic N) is 1. The molecule has 1 aliphatic rings. The number of methoxy groups -OCH3 is 2. The number of esters is 2. The summed E-state index contributed by atoms with van der Waals surface area (Å²) in [7, 11) is 2.90. The van der Waals surface area contributed by atoms with Crippen molar-refractivity contribution in [1.29, 1.82) is 0 Å². The highest BCUT2D eigenvalue weighted by Gasteiger charge is 2.25. The molecule has 4 rings (SSSR count). The molecule has 1 unspecified atom stereocenters. The van der Waals surface area contributed by atoms with Crippen LogP contribution in [0.1, 0.15) is 29.2 Å². The Bertz CT molecular complexity index is 1190. The maximum atomic E-state index is 12.2. The SMILES string of the molecule is COC(=O)c1cc2c([nH]c3ccc(OC)cc32)c(C2C=CC(=COC(C)=O)O2)n1. The van der Waals surface area contributed by atoms with Gasteiger partial charge in [-0.05, 0) is 36.4 Å². The molecular weight excluding hydrogens is 376 g/mol. The van der Waals surface area contributed by atoms with Gasteiger partial charge in [0.2, 0.25) is 0 Å². The molecule has 3 heterocycles. The first-order chi connectivity index (χ1) is 14.0. The number of carbonyl (C=O) groups excluding carboxylic acids is 2. The average molecular weight is 394 g/mol. The zero-order valence-corrected chi connectivity index (χ0v) is 16.0. The van der Waals surface area contributed by atoms with E-state index in [9.17, 15) is 9.59 Å². The van der Waals surface area contributed by atoms with Crippen LogP contribution in [0.15, 0.2) is 48.4 Å². The number of H-pyrrole nitrogens is 1. The van der Waals surface area contributed by atoms with Gasteiger partial charge in [0.25, 0.3) is 0 Å². The summed E-state index contributed by atoms with van der Waals surface area (Å²) < 4.78 is 20.9. The minimum atomic E-state index is -0.570. The lowest BCUT2D eigenvalue weighted by molar-refractivity contribution is -0.135. The molecule has 8 nitrogen and oxygen atoms in total. The highest BCUT2D eigenvalue weighted by Crippen LogP contribution is 2.36. The number of allylic oxidation sites excluding steroid dienone is 1. The van der Waals surface area contributed by atoms with Crippen LogP contribution in [0.4, 0.5) is 0 Å². The van der Waals surface area contributed by atoms with E-state index in [1.165, 1.54) is 20.3 Å². The molecule has 0 saturated carbocycles. The van der Waals surface area contributed by atoms with Crippen molar-refractivity contribution in [2.45, 2.75) is 13.0 Å². The summed E-state index contributed by atoms with van der Waals surface area (Å²) in [6.07, 6.45) is 4.11. The highest BCUT2D eigenvalue weighted by molar-refractivity contribution is 6.10. The lowest BCUT2D eigenvalue weighted by atomic mass is 10.1. The Hall–Kier alpha value is -3.81. The van der Waals surface area contributed by atoms with Gasteiger partial charge in [-0.1, -0.05) is 0 Å². The normalized spacial score (nSPS) is 16.9. The lowest BCUT2D eigenvalue weighted by Crippen LogP contribution is -2.09. The Labute approximate surface area is 165 Å². The van der Waals surface area contributed by atoms with Crippen LogP contribution in [-0.4, -0.2) is 36.1 Å². The third-order valence-corrected chi connectivity index (χ3v) is 4.53. The molecule has 148 valence electrons. The van der Waals surface area contributed by atoms with Crippen molar-refractivity contribution in [3.63, 3.8) is 0 Å². The lowest BCUT2D eigenvalue weighted by Gasteiger charge is -2.12. The minimum Gasteiger partial charge on any atom is -0.497 e. The molecule has 1 aromatic carbocycles. The number of hydrogen-bond acceptors (Lipinski definition) is 7. The van der Waals surface area contributed by atoms with E-state index in [-0.39, 0.29) is 5.69 Å². The summed E-state index contributed by atoms with van der Waals surface area (Å²) in [5.74, 6) is 0.0696. The molecule has 0 saturated heterocycles. The van der Waals surface area contributed by atoms with E-state index in [1.807, 2.05) is 18.2 Å². The fourth-order valence-corrected chi connectivity index (χ4v) is 3.20. The number of carbonyl (C=O) groups is 2. The average Bonchev–Trinajstić information content (AvgIpc) is 3.35. The molecule has 1 aliphatic heterocycles. The number of nitrogens with one attached hydrogen (secondary N) is 1. The molecular formula is C21H18N2O6. The van der Waals surface area contributed by atoms with Crippen LogP contribution in [0.25, 0.3) is 21.8 Å². The van der Waals surface area contributed by atoms with Crippen LogP contribution < -0.4 is 4.74 Å². The van der Waals surface area contributed by atoms with Crippen LogP contribution in [0.5, 0.6) is 5.75 Å². The third kappa shape index (κ3) is 3.40. The van der Waals surface area contributed by atoms with Crippen LogP contribution in [0.3, 0.4) is 0 Å². The fraction of sp³-hybridized carbons (Fsp3) is 0.190. The van der Waals surface area contributed by atoms with Gasteiger partial charge in [-0.25, -0.2) is 9.78 Å². The predicted molar refractivity (Wildman–Crippen MR) is 104 cm³/mol. The third-order valence-electron chi connectivity index (χ3n) is 4.53. The zero-order valence-electron chi connectivity index (χ0n) is 16.0. The number of aromatic nitrogens is 2. The summed E-state index contributed by atoms with van der Waals surface area (Å²) in [6, 6.07) is 7.30. The molecule has 0 amide bonds. The molecule has 1 N–H and O–H groups in total. The summed E-state index contributed by atoms with van der Waals surface area (Å²) in [5.41, 5.74) is 2.27. The predicted octanol–water partition coefficient (Wildman–Crippen LogP) is 3.54. The summed E-state index contributed by atoms with van der Waals surface area (Å²) in [6.45, 7) is 1.30. The number of fused-ring (bicyclic) bond motifs is 3. The van der Waals surface area contributed by atoms with Gasteiger partial charge in [0.05, 0.1) is 19.7 Å². The smallest absolute Gasteiger partial charge is 0.356 e. The van der Waals surface area contributed by atoms with Crippen molar-refractivity contribution < 1.29 is 28.5 Å². The van der Waals surface area contributed by atoms with Crippen molar-refractivity contribution in [3.8, 4) is 5.75 Å². The van der Waals surface area contributed by atoms with Gasteiger partial charge in [-0.3, -0.25) is 4.79 Å². The zero-order chi connectivity index (χ0) is 20.5. The van der Waals surface area contributed by atoms with Gasteiger partial charge in [0, 0.05) is 23.2 Å². The Morgan fingerprint density at radius 2 is 2.03 bits per heavy atom. The second kappa shape index (κ2) is 7.31. The van der Waals surface area contributed by atoms with Crippen molar-refractivity contribution in [2.24, 2.45) is 0 Å². The van der Waals surface area contributed by atoms with E-state index >= 15 is 0 Å². The summed E-state index contributed by atoms with van der Waals surface area (Å²) >= 11 is 0. The van der Waals surface area contributed by atoms with Gasteiger partial charge >= 0.3 is 11.9 Å². The van der Waals surface area contributed by atoms with Crippen molar-refractivity contribution >= 4 is 33.7 Å². The molecule has 0 fully saturated rings. The van der Waals surface area contributed by atoms with E-state index in [1.54, 1.807) is 25.3 Å². The second-order valence-electron chi connectivity index (χ2n) is 6.37. The number of aromatic amines is 1. The fourth-order valence-electron chi connectivity index (χ4n) is 3.20. The van der Waals surface area contributed by atoms with Crippen LogP contribution in [-0.2, 0) is 19.0 Å². The number of ether oxygens (including phenoxy) is 4. The van der Waals surface area contributed by atoms with E-state index in [0.717, 1.165) is 21.8 Å². The maximum Gasteiger partial charge on any atom is 0.356 e. The van der Waals surface area contributed by atoms with Crippen molar-refractivity contribution in [1.82, 2.24) is 9.97 Å². The molecule has 29 heavy (non-hydrogen) atoms.